The Morgan fingerprint density at radius 1 is 1.32 bits per heavy atom. The van der Waals surface area contributed by atoms with Crippen LogP contribution in [0.3, 0.4) is 0 Å². The number of piperidine rings is 2. The van der Waals surface area contributed by atoms with Crippen molar-refractivity contribution in [3.05, 3.63) is 22.4 Å². The number of likely N-dealkylation sites (tertiary alicyclic amines) is 1. The summed E-state index contributed by atoms with van der Waals surface area (Å²) >= 11 is 1.72. The number of hydroxylamine groups is 1. The molecule has 7 heteroatoms. The standard InChI is InChI=1S/C18H25N3O3S/c22-16(20-24)14-9-18(4-5-18)11-19-15(14)17(23)21-6-1-12(2-7-21)13-3-8-25-10-13/h3,8,10,12,14-15,19,24H,1-2,4-7,9,11H2,(H,20,22)/t14-,15-/m0/s1. The number of amides is 2. The van der Waals surface area contributed by atoms with Crippen LogP contribution < -0.4 is 10.8 Å². The highest BCUT2D eigenvalue weighted by atomic mass is 32.1. The number of nitrogens with zero attached hydrogens (tertiary/aromatic N) is 1. The summed E-state index contributed by atoms with van der Waals surface area (Å²) in [5, 5.41) is 16.7. The van der Waals surface area contributed by atoms with Crippen LogP contribution in [0.1, 0.15) is 43.6 Å². The van der Waals surface area contributed by atoms with Crippen molar-refractivity contribution in [1.82, 2.24) is 15.7 Å². The minimum absolute atomic E-state index is 0.00729. The van der Waals surface area contributed by atoms with E-state index in [2.05, 4.69) is 22.1 Å². The fourth-order valence-electron chi connectivity index (χ4n) is 4.41. The van der Waals surface area contributed by atoms with E-state index in [9.17, 15) is 9.59 Å². The largest absolute Gasteiger partial charge is 0.341 e. The fourth-order valence-corrected chi connectivity index (χ4v) is 5.15. The molecule has 25 heavy (non-hydrogen) atoms. The lowest BCUT2D eigenvalue weighted by Gasteiger charge is -2.40. The summed E-state index contributed by atoms with van der Waals surface area (Å²) in [7, 11) is 0. The molecule has 0 radical (unpaired) electrons. The third-order valence-electron chi connectivity index (χ3n) is 6.24. The van der Waals surface area contributed by atoms with Crippen molar-refractivity contribution in [3.8, 4) is 0 Å². The number of hydrogen-bond donors (Lipinski definition) is 3. The first-order valence-corrected chi connectivity index (χ1v) is 10.0. The third kappa shape index (κ3) is 3.32. The molecule has 2 atom stereocenters. The normalized spacial score (nSPS) is 28.8. The van der Waals surface area contributed by atoms with E-state index in [0.717, 1.165) is 45.3 Å². The predicted octanol–water partition coefficient (Wildman–Crippen LogP) is 1.72. The van der Waals surface area contributed by atoms with E-state index >= 15 is 0 Å². The molecular formula is C18H25N3O3S. The molecule has 1 aromatic heterocycles. The van der Waals surface area contributed by atoms with Crippen LogP contribution in [0.4, 0.5) is 0 Å². The molecule has 1 spiro atoms. The highest BCUT2D eigenvalue weighted by molar-refractivity contribution is 7.07. The minimum Gasteiger partial charge on any atom is -0.341 e. The van der Waals surface area contributed by atoms with Gasteiger partial charge in [-0.2, -0.15) is 11.3 Å². The lowest BCUT2D eigenvalue weighted by molar-refractivity contribution is -0.145. The van der Waals surface area contributed by atoms with Crippen LogP contribution in [-0.4, -0.2) is 47.6 Å². The Kier molecular flexibility index (Phi) is 4.56. The molecule has 0 unspecified atom stereocenters. The Hall–Kier alpha value is -1.44. The summed E-state index contributed by atoms with van der Waals surface area (Å²) < 4.78 is 0. The van der Waals surface area contributed by atoms with Crippen molar-refractivity contribution in [2.24, 2.45) is 11.3 Å². The van der Waals surface area contributed by atoms with E-state index in [4.69, 9.17) is 5.21 Å². The predicted molar refractivity (Wildman–Crippen MR) is 94.4 cm³/mol. The zero-order valence-corrected chi connectivity index (χ0v) is 15.1. The van der Waals surface area contributed by atoms with Crippen LogP contribution in [0.2, 0.25) is 0 Å². The molecule has 3 N–H and O–H groups in total. The molecule has 3 aliphatic rings. The maximum Gasteiger partial charge on any atom is 0.248 e. The first-order valence-electron chi connectivity index (χ1n) is 9.10. The third-order valence-corrected chi connectivity index (χ3v) is 6.95. The van der Waals surface area contributed by atoms with Gasteiger partial charge in [0, 0.05) is 19.6 Å². The first-order chi connectivity index (χ1) is 12.1. The van der Waals surface area contributed by atoms with Crippen LogP contribution in [0.5, 0.6) is 0 Å². The van der Waals surface area contributed by atoms with Crippen molar-refractivity contribution in [2.75, 3.05) is 19.6 Å². The zero-order valence-electron chi connectivity index (χ0n) is 14.2. The fraction of sp³-hybridized carbons (Fsp3) is 0.667. The number of hydrogen-bond acceptors (Lipinski definition) is 5. The Morgan fingerprint density at radius 3 is 2.68 bits per heavy atom. The summed E-state index contributed by atoms with van der Waals surface area (Å²) in [6.07, 6.45) is 4.82. The number of carbonyl (C=O) groups excluding carboxylic acids is 2. The van der Waals surface area contributed by atoms with Gasteiger partial charge < -0.3 is 10.2 Å². The van der Waals surface area contributed by atoms with E-state index in [1.807, 2.05) is 4.90 Å². The number of thiophene rings is 1. The highest BCUT2D eigenvalue weighted by Crippen LogP contribution is 2.52. The summed E-state index contributed by atoms with van der Waals surface area (Å²) in [6.45, 7) is 2.26. The summed E-state index contributed by atoms with van der Waals surface area (Å²) in [4.78, 5) is 27.0. The number of carbonyl (C=O) groups is 2. The van der Waals surface area contributed by atoms with Crippen LogP contribution >= 0.6 is 11.3 Å². The van der Waals surface area contributed by atoms with Crippen LogP contribution in [-0.2, 0) is 9.59 Å². The Balaban J connectivity index is 1.40. The van der Waals surface area contributed by atoms with E-state index < -0.39 is 17.9 Å². The molecule has 2 aliphatic heterocycles. The van der Waals surface area contributed by atoms with Crippen molar-refractivity contribution in [3.63, 3.8) is 0 Å². The second kappa shape index (κ2) is 6.70. The van der Waals surface area contributed by atoms with E-state index in [-0.39, 0.29) is 11.3 Å². The van der Waals surface area contributed by atoms with Gasteiger partial charge in [-0.05, 0) is 65.8 Å². The Labute approximate surface area is 151 Å². The Bertz CT molecular complexity index is 636. The molecule has 2 saturated heterocycles. The van der Waals surface area contributed by atoms with Gasteiger partial charge in [-0.15, -0.1) is 0 Å². The molecule has 0 aromatic carbocycles. The number of nitrogens with one attached hydrogen (secondary N) is 2. The molecule has 6 nitrogen and oxygen atoms in total. The molecule has 2 amide bonds. The smallest absolute Gasteiger partial charge is 0.248 e. The maximum absolute atomic E-state index is 13.0. The van der Waals surface area contributed by atoms with Gasteiger partial charge in [-0.1, -0.05) is 0 Å². The summed E-state index contributed by atoms with van der Waals surface area (Å²) in [5.41, 5.74) is 3.31. The first kappa shape index (κ1) is 17.0. The lowest BCUT2D eigenvalue weighted by Crippen LogP contribution is -2.59. The molecule has 136 valence electrons. The van der Waals surface area contributed by atoms with Gasteiger partial charge >= 0.3 is 0 Å². The van der Waals surface area contributed by atoms with Gasteiger partial charge in [-0.3, -0.25) is 14.8 Å². The van der Waals surface area contributed by atoms with Crippen molar-refractivity contribution >= 4 is 23.2 Å². The van der Waals surface area contributed by atoms with Crippen molar-refractivity contribution in [2.45, 2.75) is 44.1 Å². The maximum atomic E-state index is 13.0. The molecule has 4 rings (SSSR count). The molecule has 0 bridgehead atoms. The molecule has 3 heterocycles. The quantitative estimate of drug-likeness (QED) is 0.564. The van der Waals surface area contributed by atoms with Gasteiger partial charge in [-0.25, -0.2) is 5.48 Å². The second-order valence-corrected chi connectivity index (χ2v) is 8.58. The Morgan fingerprint density at radius 2 is 2.08 bits per heavy atom. The van der Waals surface area contributed by atoms with Gasteiger partial charge in [0.15, 0.2) is 0 Å². The topological polar surface area (TPSA) is 81.7 Å². The summed E-state index contributed by atoms with van der Waals surface area (Å²) in [6, 6.07) is 1.66. The van der Waals surface area contributed by atoms with Gasteiger partial charge in [0.25, 0.3) is 0 Å². The van der Waals surface area contributed by atoms with Gasteiger partial charge in [0.1, 0.15) is 0 Å². The van der Waals surface area contributed by atoms with Crippen LogP contribution in [0.25, 0.3) is 0 Å². The zero-order chi connectivity index (χ0) is 17.4. The van der Waals surface area contributed by atoms with Gasteiger partial charge in [0.2, 0.25) is 11.8 Å². The minimum atomic E-state index is -0.518. The highest BCUT2D eigenvalue weighted by Gasteiger charge is 2.52. The van der Waals surface area contributed by atoms with Crippen LogP contribution in [0.15, 0.2) is 16.8 Å². The average Bonchev–Trinajstić information content (AvgIpc) is 3.18. The molecule has 3 fully saturated rings. The second-order valence-electron chi connectivity index (χ2n) is 7.80. The number of rotatable bonds is 3. The SMILES string of the molecule is O=C(NO)[C@H]1CC2(CC2)CN[C@@H]1C(=O)N1CCC(c2ccsc2)CC1. The molecular weight excluding hydrogens is 338 g/mol. The van der Waals surface area contributed by atoms with E-state index in [1.54, 1.807) is 16.8 Å². The molecule has 1 aliphatic carbocycles. The molecule has 1 saturated carbocycles. The lowest BCUT2D eigenvalue weighted by atomic mass is 9.81. The molecule has 1 aromatic rings. The average molecular weight is 363 g/mol. The monoisotopic (exact) mass is 363 g/mol. The van der Waals surface area contributed by atoms with E-state index in [1.165, 1.54) is 5.56 Å². The van der Waals surface area contributed by atoms with Crippen LogP contribution in [0, 0.1) is 11.3 Å². The van der Waals surface area contributed by atoms with Crippen molar-refractivity contribution in [1.29, 1.82) is 0 Å². The summed E-state index contributed by atoms with van der Waals surface area (Å²) in [5.74, 6) is -0.387. The van der Waals surface area contributed by atoms with Gasteiger partial charge in [0.05, 0.1) is 12.0 Å². The van der Waals surface area contributed by atoms with Crippen molar-refractivity contribution < 1.29 is 14.8 Å². The van der Waals surface area contributed by atoms with E-state index in [0.29, 0.717) is 12.3 Å².